The van der Waals surface area contributed by atoms with E-state index in [0.717, 1.165) is 30.5 Å². The van der Waals surface area contributed by atoms with E-state index in [4.69, 9.17) is 0 Å². The molecule has 2 aromatic rings. The van der Waals surface area contributed by atoms with Crippen molar-refractivity contribution in [2.75, 3.05) is 22.3 Å². The molecule has 0 bridgehead atoms. The fraction of sp³-hybridized carbons (Fsp3) is 0.536. The molecule has 0 saturated heterocycles. The van der Waals surface area contributed by atoms with Crippen molar-refractivity contribution in [3.63, 3.8) is 0 Å². The Labute approximate surface area is 214 Å². The number of hydrogen-bond acceptors (Lipinski definition) is 5. The minimum atomic E-state index is -3.85. The molecular weight excluding hydrogens is 476 g/mol. The predicted molar refractivity (Wildman–Crippen MR) is 142 cm³/mol. The van der Waals surface area contributed by atoms with Crippen molar-refractivity contribution in [2.24, 2.45) is 11.8 Å². The Morgan fingerprint density at radius 3 is 2.31 bits per heavy atom. The fourth-order valence-electron chi connectivity index (χ4n) is 5.47. The standard InChI is InChI=1S/C28H38N2O5S/c1-4-20-5-9-23(10-6-20)30(18-19(2)3)36(34,35)24-13-14-26-25(17-24)27(31)15-16-29(26)22-11-7-21(8-12-22)28(32)33/h5-6,9-10,13-14,17,19,21-22,27,31H,4,7-8,11-12,15-16,18H2,1-3H3,(H,32,33). The van der Waals surface area contributed by atoms with E-state index < -0.39 is 22.1 Å². The third-order valence-corrected chi connectivity index (χ3v) is 9.34. The summed E-state index contributed by atoms with van der Waals surface area (Å²) in [5, 5.41) is 20.2. The molecule has 0 radical (unpaired) electrons. The largest absolute Gasteiger partial charge is 0.481 e. The van der Waals surface area contributed by atoms with E-state index in [1.54, 1.807) is 12.1 Å². The number of fused-ring (bicyclic) bond motifs is 1. The molecular formula is C28H38N2O5S. The first-order chi connectivity index (χ1) is 17.1. The van der Waals surface area contributed by atoms with Crippen molar-refractivity contribution < 1.29 is 23.4 Å². The van der Waals surface area contributed by atoms with Crippen LogP contribution in [0.3, 0.4) is 0 Å². The molecule has 196 valence electrons. The minimum absolute atomic E-state index is 0.130. The first-order valence-corrected chi connectivity index (χ1v) is 14.5. The molecule has 2 aliphatic rings. The number of aryl methyl sites for hydroxylation is 1. The van der Waals surface area contributed by atoms with Gasteiger partial charge in [0.1, 0.15) is 0 Å². The van der Waals surface area contributed by atoms with Gasteiger partial charge < -0.3 is 15.1 Å². The van der Waals surface area contributed by atoms with Crippen LogP contribution in [0.5, 0.6) is 0 Å². The number of sulfonamides is 1. The zero-order valence-electron chi connectivity index (χ0n) is 21.4. The van der Waals surface area contributed by atoms with Crippen molar-refractivity contribution in [3.8, 4) is 0 Å². The lowest BCUT2D eigenvalue weighted by Gasteiger charge is -2.42. The number of aliphatic hydroxyl groups is 1. The number of carboxylic acids is 1. The van der Waals surface area contributed by atoms with E-state index in [1.807, 2.05) is 44.2 Å². The highest BCUT2D eigenvalue weighted by Gasteiger charge is 2.35. The summed E-state index contributed by atoms with van der Waals surface area (Å²) in [6, 6.07) is 13.0. The van der Waals surface area contributed by atoms with Crippen LogP contribution in [-0.2, 0) is 21.2 Å². The zero-order chi connectivity index (χ0) is 26.0. The summed E-state index contributed by atoms with van der Waals surface area (Å²) < 4.78 is 29.2. The molecule has 4 rings (SSSR count). The van der Waals surface area contributed by atoms with Crippen molar-refractivity contribution in [1.29, 1.82) is 0 Å². The number of aliphatic carboxylic acids is 1. The SMILES string of the molecule is CCc1ccc(N(CC(C)C)S(=O)(=O)c2ccc3c(c2)C(O)CCN3C2CCC(C(=O)O)CC2)cc1. The van der Waals surface area contributed by atoms with Gasteiger partial charge in [0, 0.05) is 30.4 Å². The van der Waals surface area contributed by atoms with Crippen LogP contribution < -0.4 is 9.21 Å². The van der Waals surface area contributed by atoms with Crippen LogP contribution in [-0.4, -0.2) is 43.7 Å². The average molecular weight is 515 g/mol. The number of carbonyl (C=O) groups is 1. The van der Waals surface area contributed by atoms with Crippen molar-refractivity contribution >= 4 is 27.4 Å². The van der Waals surface area contributed by atoms with E-state index >= 15 is 0 Å². The van der Waals surface area contributed by atoms with Gasteiger partial charge in [-0.05, 0) is 80.3 Å². The number of rotatable bonds is 8. The van der Waals surface area contributed by atoms with Crippen molar-refractivity contribution in [2.45, 2.75) is 76.3 Å². The molecule has 0 spiro atoms. The number of anilines is 2. The van der Waals surface area contributed by atoms with Gasteiger partial charge in [-0.3, -0.25) is 9.10 Å². The van der Waals surface area contributed by atoms with Gasteiger partial charge >= 0.3 is 5.97 Å². The number of nitrogens with zero attached hydrogens (tertiary/aromatic N) is 2. The highest BCUT2D eigenvalue weighted by molar-refractivity contribution is 7.92. The second-order valence-electron chi connectivity index (χ2n) is 10.5. The Morgan fingerprint density at radius 2 is 1.72 bits per heavy atom. The second kappa shape index (κ2) is 10.8. The molecule has 1 aliphatic carbocycles. The smallest absolute Gasteiger partial charge is 0.306 e. The van der Waals surface area contributed by atoms with Gasteiger partial charge in [-0.15, -0.1) is 0 Å². The van der Waals surface area contributed by atoms with Gasteiger partial charge in [0.2, 0.25) is 0 Å². The maximum absolute atomic E-state index is 13.9. The van der Waals surface area contributed by atoms with Crippen LogP contribution in [0.4, 0.5) is 11.4 Å². The summed E-state index contributed by atoms with van der Waals surface area (Å²) in [5.41, 5.74) is 3.27. The first kappa shape index (κ1) is 26.5. The Hall–Kier alpha value is -2.58. The molecule has 0 amide bonds. The molecule has 1 unspecified atom stereocenters. The van der Waals surface area contributed by atoms with Gasteiger partial charge in [0.25, 0.3) is 10.0 Å². The summed E-state index contributed by atoms with van der Waals surface area (Å²) in [6.45, 7) is 7.09. The van der Waals surface area contributed by atoms with Gasteiger partial charge in [-0.2, -0.15) is 0 Å². The molecule has 2 N–H and O–H groups in total. The van der Waals surface area contributed by atoms with Gasteiger partial charge in [0.05, 0.1) is 22.6 Å². The number of hydrogen-bond donors (Lipinski definition) is 2. The highest BCUT2D eigenvalue weighted by Crippen LogP contribution is 2.40. The van der Waals surface area contributed by atoms with Crippen molar-refractivity contribution in [1.82, 2.24) is 0 Å². The summed E-state index contributed by atoms with van der Waals surface area (Å²) in [4.78, 5) is 13.8. The van der Waals surface area contributed by atoms with Gasteiger partial charge in [0.15, 0.2) is 0 Å². The monoisotopic (exact) mass is 514 g/mol. The minimum Gasteiger partial charge on any atom is -0.481 e. The molecule has 36 heavy (non-hydrogen) atoms. The Balaban J connectivity index is 1.65. The summed E-state index contributed by atoms with van der Waals surface area (Å²) in [6.07, 6.45) is 3.51. The van der Waals surface area contributed by atoms with E-state index in [1.165, 1.54) is 4.31 Å². The van der Waals surface area contributed by atoms with Gasteiger partial charge in [-0.1, -0.05) is 32.9 Å². The number of aliphatic hydroxyl groups excluding tert-OH is 1. The van der Waals surface area contributed by atoms with E-state index in [0.29, 0.717) is 43.6 Å². The van der Waals surface area contributed by atoms with E-state index in [-0.39, 0.29) is 22.8 Å². The van der Waals surface area contributed by atoms with Crippen LogP contribution >= 0.6 is 0 Å². The van der Waals surface area contributed by atoms with E-state index in [9.17, 15) is 23.4 Å². The topological polar surface area (TPSA) is 98.2 Å². The van der Waals surface area contributed by atoms with Crippen molar-refractivity contribution in [3.05, 3.63) is 53.6 Å². The molecule has 1 saturated carbocycles. The normalized spacial score (nSPS) is 22.4. The molecule has 1 aliphatic heterocycles. The summed E-state index contributed by atoms with van der Waals surface area (Å²) in [7, 11) is -3.85. The molecule has 1 fully saturated rings. The van der Waals surface area contributed by atoms with Crippen LogP contribution in [0.25, 0.3) is 0 Å². The lowest BCUT2D eigenvalue weighted by molar-refractivity contribution is -0.142. The molecule has 0 aromatic heterocycles. The Kier molecular flexibility index (Phi) is 7.95. The number of benzene rings is 2. The van der Waals surface area contributed by atoms with E-state index in [2.05, 4.69) is 11.8 Å². The average Bonchev–Trinajstić information content (AvgIpc) is 2.87. The summed E-state index contributed by atoms with van der Waals surface area (Å²) >= 11 is 0. The third-order valence-electron chi connectivity index (χ3n) is 7.55. The quantitative estimate of drug-likeness (QED) is 0.515. The maximum Gasteiger partial charge on any atom is 0.306 e. The molecule has 8 heteroatoms. The molecule has 7 nitrogen and oxygen atoms in total. The molecule has 1 heterocycles. The lowest BCUT2D eigenvalue weighted by atomic mass is 9.84. The number of carboxylic acid groups (broad SMARTS) is 1. The van der Waals surface area contributed by atoms with Crippen LogP contribution in [0.15, 0.2) is 47.4 Å². The van der Waals surface area contributed by atoms with Crippen LogP contribution in [0.1, 0.15) is 70.1 Å². The Bertz CT molecular complexity index is 1170. The van der Waals surface area contributed by atoms with Crippen LogP contribution in [0, 0.1) is 11.8 Å². The maximum atomic E-state index is 13.9. The Morgan fingerprint density at radius 1 is 1.06 bits per heavy atom. The zero-order valence-corrected chi connectivity index (χ0v) is 22.2. The lowest BCUT2D eigenvalue weighted by Crippen LogP contribution is -2.43. The highest BCUT2D eigenvalue weighted by atomic mass is 32.2. The molecule has 2 aromatic carbocycles. The first-order valence-electron chi connectivity index (χ1n) is 13.0. The fourth-order valence-corrected chi connectivity index (χ4v) is 7.14. The van der Waals surface area contributed by atoms with Crippen LogP contribution in [0.2, 0.25) is 0 Å². The molecule has 1 atom stereocenters. The predicted octanol–water partition coefficient (Wildman–Crippen LogP) is 4.99. The third kappa shape index (κ3) is 5.39. The van der Waals surface area contributed by atoms with Gasteiger partial charge in [-0.25, -0.2) is 8.42 Å². The second-order valence-corrected chi connectivity index (χ2v) is 12.4. The summed E-state index contributed by atoms with van der Waals surface area (Å²) in [5.74, 6) is -0.889.